The third kappa shape index (κ3) is 3.14. The molecule has 8 heteroatoms. The van der Waals surface area contributed by atoms with Crippen LogP contribution in [0.4, 0.5) is 24.7 Å². The summed E-state index contributed by atoms with van der Waals surface area (Å²) in [6, 6.07) is 5.13. The van der Waals surface area contributed by atoms with Gasteiger partial charge in [0.1, 0.15) is 6.07 Å². The molecular weight excluding hydrogens is 273 g/mol. The first-order valence-corrected chi connectivity index (χ1v) is 5.32. The summed E-state index contributed by atoms with van der Waals surface area (Å²) in [4.78, 5) is 7.64. The van der Waals surface area contributed by atoms with E-state index >= 15 is 0 Å². The van der Waals surface area contributed by atoms with Crippen molar-refractivity contribution in [3.05, 3.63) is 42.1 Å². The lowest BCUT2D eigenvalue weighted by atomic mass is 10.3. The van der Waals surface area contributed by atoms with Crippen molar-refractivity contribution in [1.29, 1.82) is 5.26 Å². The maximum Gasteiger partial charge on any atom is 0.387 e. The number of hydrogen-bond acceptors (Lipinski definition) is 5. The molecule has 1 heterocycles. The molecular formula is C12H7F3N4O. The molecule has 0 unspecified atom stereocenters. The third-order valence-electron chi connectivity index (χ3n) is 2.21. The molecule has 2 rings (SSSR count). The molecule has 1 N–H and O–H groups in total. The fourth-order valence-corrected chi connectivity index (χ4v) is 1.42. The van der Waals surface area contributed by atoms with Gasteiger partial charge in [-0.3, -0.25) is 0 Å². The number of aromatic nitrogens is 2. The van der Waals surface area contributed by atoms with Crippen molar-refractivity contribution in [2.24, 2.45) is 0 Å². The Morgan fingerprint density at radius 1 is 1.25 bits per heavy atom. The standard InChI is InChI=1S/C12H7F3N4O/c13-8-5-7(1-2-10(8)20-12(14)15)19-11-9(6-16)17-3-4-18-11/h1-5,12H,(H,18,19). The summed E-state index contributed by atoms with van der Waals surface area (Å²) in [5.74, 6) is -1.39. The predicted molar refractivity (Wildman–Crippen MR) is 63.1 cm³/mol. The van der Waals surface area contributed by atoms with Crippen LogP contribution in [0.25, 0.3) is 0 Å². The molecule has 0 aliphatic carbocycles. The molecule has 2 aromatic rings. The fourth-order valence-electron chi connectivity index (χ4n) is 1.42. The van der Waals surface area contributed by atoms with E-state index in [9.17, 15) is 13.2 Å². The molecule has 0 aliphatic rings. The van der Waals surface area contributed by atoms with Crippen molar-refractivity contribution in [2.75, 3.05) is 5.32 Å². The number of halogens is 3. The Labute approximate surface area is 111 Å². The minimum atomic E-state index is -3.10. The Morgan fingerprint density at radius 2 is 2.00 bits per heavy atom. The number of ether oxygens (including phenoxy) is 1. The van der Waals surface area contributed by atoms with Gasteiger partial charge in [-0.1, -0.05) is 0 Å². The van der Waals surface area contributed by atoms with Crippen molar-refractivity contribution < 1.29 is 17.9 Å². The van der Waals surface area contributed by atoms with Crippen LogP contribution in [0.3, 0.4) is 0 Å². The molecule has 0 spiro atoms. The first-order chi connectivity index (χ1) is 9.60. The molecule has 1 aromatic carbocycles. The van der Waals surface area contributed by atoms with Crippen molar-refractivity contribution in [3.63, 3.8) is 0 Å². The number of alkyl halides is 2. The average molecular weight is 280 g/mol. The van der Waals surface area contributed by atoms with E-state index in [0.717, 1.165) is 12.1 Å². The SMILES string of the molecule is N#Cc1nccnc1Nc1ccc(OC(F)F)c(F)c1. The zero-order valence-electron chi connectivity index (χ0n) is 9.85. The predicted octanol–water partition coefficient (Wildman–Crippen LogP) is 2.83. The summed E-state index contributed by atoms with van der Waals surface area (Å²) in [7, 11) is 0. The van der Waals surface area contributed by atoms with E-state index in [0.29, 0.717) is 0 Å². The van der Waals surface area contributed by atoms with Gasteiger partial charge in [0.2, 0.25) is 0 Å². The highest BCUT2D eigenvalue weighted by molar-refractivity contribution is 5.61. The van der Waals surface area contributed by atoms with Crippen molar-refractivity contribution in [1.82, 2.24) is 9.97 Å². The summed E-state index contributed by atoms with van der Waals surface area (Å²) in [6.07, 6.45) is 2.69. The van der Waals surface area contributed by atoms with Gasteiger partial charge in [0.15, 0.2) is 23.1 Å². The summed E-state index contributed by atoms with van der Waals surface area (Å²) >= 11 is 0. The monoisotopic (exact) mass is 280 g/mol. The summed E-state index contributed by atoms with van der Waals surface area (Å²) in [6.45, 7) is -3.10. The zero-order chi connectivity index (χ0) is 14.5. The Bertz CT molecular complexity index is 657. The molecule has 0 saturated carbocycles. The van der Waals surface area contributed by atoms with E-state index in [1.54, 1.807) is 0 Å². The highest BCUT2D eigenvalue weighted by Crippen LogP contribution is 2.24. The van der Waals surface area contributed by atoms with Gasteiger partial charge in [0, 0.05) is 24.1 Å². The number of benzene rings is 1. The molecule has 0 amide bonds. The van der Waals surface area contributed by atoms with E-state index < -0.39 is 18.2 Å². The second kappa shape index (κ2) is 5.88. The minimum Gasteiger partial charge on any atom is -0.432 e. The minimum absolute atomic E-state index is 0.0285. The summed E-state index contributed by atoms with van der Waals surface area (Å²) in [5.41, 5.74) is 0.252. The number of anilines is 2. The lowest BCUT2D eigenvalue weighted by Gasteiger charge is -2.09. The van der Waals surface area contributed by atoms with Crippen LogP contribution in [0.15, 0.2) is 30.6 Å². The number of nitriles is 1. The van der Waals surface area contributed by atoms with Crippen LogP contribution < -0.4 is 10.1 Å². The third-order valence-corrected chi connectivity index (χ3v) is 2.21. The first-order valence-electron chi connectivity index (χ1n) is 5.32. The van der Waals surface area contributed by atoms with Crippen LogP contribution in [0.1, 0.15) is 5.69 Å². The molecule has 0 atom stereocenters. The normalized spacial score (nSPS) is 10.2. The molecule has 0 saturated heterocycles. The lowest BCUT2D eigenvalue weighted by Crippen LogP contribution is -2.04. The fraction of sp³-hybridized carbons (Fsp3) is 0.0833. The largest absolute Gasteiger partial charge is 0.432 e. The Hall–Kier alpha value is -2.82. The van der Waals surface area contributed by atoms with Gasteiger partial charge in [-0.25, -0.2) is 14.4 Å². The van der Waals surface area contributed by atoms with Gasteiger partial charge < -0.3 is 10.1 Å². The number of nitrogens with one attached hydrogen (secondary N) is 1. The van der Waals surface area contributed by atoms with E-state index in [2.05, 4.69) is 20.0 Å². The number of rotatable bonds is 4. The molecule has 0 bridgehead atoms. The van der Waals surface area contributed by atoms with Crippen molar-refractivity contribution in [2.45, 2.75) is 6.61 Å². The van der Waals surface area contributed by atoms with Gasteiger partial charge in [0.25, 0.3) is 0 Å². The summed E-state index contributed by atoms with van der Waals surface area (Å²) < 4.78 is 41.5. The maximum atomic E-state index is 13.5. The topological polar surface area (TPSA) is 70.8 Å². The van der Waals surface area contributed by atoms with E-state index in [1.165, 1.54) is 18.5 Å². The first kappa shape index (κ1) is 13.6. The van der Waals surface area contributed by atoms with Crippen LogP contribution in [0.5, 0.6) is 5.75 Å². The highest BCUT2D eigenvalue weighted by atomic mass is 19.3. The Kier molecular flexibility index (Phi) is 4.00. The van der Waals surface area contributed by atoms with Gasteiger partial charge in [-0.2, -0.15) is 14.0 Å². The van der Waals surface area contributed by atoms with Crippen molar-refractivity contribution >= 4 is 11.5 Å². The maximum absolute atomic E-state index is 13.5. The van der Waals surface area contributed by atoms with E-state index in [-0.39, 0.29) is 17.2 Å². The Balaban J connectivity index is 2.23. The van der Waals surface area contributed by atoms with E-state index in [4.69, 9.17) is 5.26 Å². The van der Waals surface area contributed by atoms with Gasteiger partial charge in [0.05, 0.1) is 0 Å². The van der Waals surface area contributed by atoms with Crippen LogP contribution in [0.2, 0.25) is 0 Å². The number of hydrogen-bond donors (Lipinski definition) is 1. The second-order valence-electron chi connectivity index (χ2n) is 3.51. The van der Waals surface area contributed by atoms with Gasteiger partial charge >= 0.3 is 6.61 Å². The van der Waals surface area contributed by atoms with Gasteiger partial charge in [-0.15, -0.1) is 0 Å². The highest BCUT2D eigenvalue weighted by Gasteiger charge is 2.11. The molecule has 0 fully saturated rings. The second-order valence-corrected chi connectivity index (χ2v) is 3.51. The molecule has 0 radical (unpaired) electrons. The average Bonchev–Trinajstić information content (AvgIpc) is 2.42. The quantitative estimate of drug-likeness (QED) is 0.932. The molecule has 1 aromatic heterocycles. The zero-order valence-corrected chi connectivity index (χ0v) is 9.85. The molecule has 20 heavy (non-hydrogen) atoms. The molecule has 102 valence electrons. The molecule has 5 nitrogen and oxygen atoms in total. The smallest absolute Gasteiger partial charge is 0.387 e. The number of nitrogens with zero attached hydrogens (tertiary/aromatic N) is 3. The van der Waals surface area contributed by atoms with Crippen LogP contribution >= 0.6 is 0 Å². The lowest BCUT2D eigenvalue weighted by molar-refractivity contribution is -0.0521. The van der Waals surface area contributed by atoms with Crippen LogP contribution in [-0.2, 0) is 0 Å². The van der Waals surface area contributed by atoms with Crippen LogP contribution in [-0.4, -0.2) is 16.6 Å². The van der Waals surface area contributed by atoms with Crippen LogP contribution in [0, 0.1) is 17.1 Å². The Morgan fingerprint density at radius 3 is 2.65 bits per heavy atom. The van der Waals surface area contributed by atoms with Gasteiger partial charge in [-0.05, 0) is 12.1 Å². The summed E-state index contributed by atoms with van der Waals surface area (Å²) in [5, 5.41) is 11.5. The molecule has 0 aliphatic heterocycles. The van der Waals surface area contributed by atoms with Crippen molar-refractivity contribution in [3.8, 4) is 11.8 Å². The van der Waals surface area contributed by atoms with E-state index in [1.807, 2.05) is 6.07 Å².